The van der Waals surface area contributed by atoms with Crippen LogP contribution in [0, 0.1) is 11.8 Å². The van der Waals surface area contributed by atoms with Gasteiger partial charge in [0.1, 0.15) is 0 Å². The number of para-hydroxylation sites is 1. The number of ether oxygens (including phenoxy) is 1. The molecule has 0 saturated heterocycles. The first-order valence-electron chi connectivity index (χ1n) is 9.25. The molecule has 1 heterocycles. The maximum absolute atomic E-state index is 12.8. The number of carboxylic acid groups (broad SMARTS) is 1. The zero-order chi connectivity index (χ0) is 19.4. The minimum Gasteiger partial charge on any atom is -0.489 e. The number of benzene rings is 1. The van der Waals surface area contributed by atoms with Crippen molar-refractivity contribution in [3.05, 3.63) is 42.2 Å². The van der Waals surface area contributed by atoms with E-state index in [4.69, 9.17) is 9.84 Å². The van der Waals surface area contributed by atoms with E-state index in [2.05, 4.69) is 10.4 Å². The van der Waals surface area contributed by atoms with E-state index >= 15 is 0 Å². The summed E-state index contributed by atoms with van der Waals surface area (Å²) in [5.74, 6) is -0.792. The standard InChI is InChI=1S/C20H25N3O4/c1-13(2)12-27-17-11-23(16-6-4-3-5-7-16)22-18(17)19(24)21-15-9-8-14(10-15)20(25)26/h3-7,11,13-15H,8-10,12H2,1-2H3,(H,21,24)(H,25,26)/t14-,15+/m1/s1. The number of aromatic nitrogens is 2. The fourth-order valence-electron chi connectivity index (χ4n) is 3.18. The minimum absolute atomic E-state index is 0.154. The van der Waals surface area contributed by atoms with Gasteiger partial charge in [0.2, 0.25) is 0 Å². The van der Waals surface area contributed by atoms with E-state index in [0.717, 1.165) is 5.69 Å². The average molecular weight is 371 g/mol. The van der Waals surface area contributed by atoms with Crippen LogP contribution in [0.5, 0.6) is 5.75 Å². The van der Waals surface area contributed by atoms with Gasteiger partial charge in [-0.25, -0.2) is 4.68 Å². The normalized spacial score (nSPS) is 19.2. The first-order chi connectivity index (χ1) is 12.9. The van der Waals surface area contributed by atoms with Gasteiger partial charge in [-0.15, -0.1) is 0 Å². The molecule has 7 heteroatoms. The van der Waals surface area contributed by atoms with Crippen LogP contribution in [0.3, 0.4) is 0 Å². The molecule has 0 radical (unpaired) electrons. The Morgan fingerprint density at radius 3 is 2.67 bits per heavy atom. The van der Waals surface area contributed by atoms with E-state index in [1.54, 1.807) is 10.9 Å². The summed E-state index contributed by atoms with van der Waals surface area (Å²) in [6.45, 7) is 4.54. The van der Waals surface area contributed by atoms with Gasteiger partial charge in [0.15, 0.2) is 11.4 Å². The number of rotatable bonds is 7. The van der Waals surface area contributed by atoms with Crippen molar-refractivity contribution < 1.29 is 19.4 Å². The van der Waals surface area contributed by atoms with Gasteiger partial charge in [0, 0.05) is 6.04 Å². The van der Waals surface area contributed by atoms with Crippen LogP contribution in [-0.4, -0.2) is 39.4 Å². The molecule has 1 aliphatic carbocycles. The minimum atomic E-state index is -0.805. The lowest BCUT2D eigenvalue weighted by atomic mass is 10.1. The lowest BCUT2D eigenvalue weighted by molar-refractivity contribution is -0.141. The fraction of sp³-hybridized carbons (Fsp3) is 0.450. The Morgan fingerprint density at radius 2 is 2.04 bits per heavy atom. The highest BCUT2D eigenvalue weighted by Gasteiger charge is 2.32. The molecule has 2 N–H and O–H groups in total. The SMILES string of the molecule is CC(C)COc1cn(-c2ccccc2)nc1C(=O)N[C@H]1CC[C@@H](C(=O)O)C1. The van der Waals surface area contributed by atoms with Gasteiger partial charge in [0.25, 0.3) is 5.91 Å². The van der Waals surface area contributed by atoms with Crippen molar-refractivity contribution in [1.82, 2.24) is 15.1 Å². The van der Waals surface area contributed by atoms with Gasteiger partial charge in [-0.2, -0.15) is 5.10 Å². The van der Waals surface area contributed by atoms with E-state index in [1.165, 1.54) is 0 Å². The summed E-state index contributed by atoms with van der Waals surface area (Å²) >= 11 is 0. The zero-order valence-corrected chi connectivity index (χ0v) is 15.6. The average Bonchev–Trinajstić information content (AvgIpc) is 3.28. The maximum atomic E-state index is 12.8. The Kier molecular flexibility index (Phi) is 5.78. The monoisotopic (exact) mass is 371 g/mol. The van der Waals surface area contributed by atoms with Crippen molar-refractivity contribution in [1.29, 1.82) is 0 Å². The van der Waals surface area contributed by atoms with Crippen molar-refractivity contribution in [2.24, 2.45) is 11.8 Å². The predicted molar refractivity (Wildman–Crippen MR) is 100 cm³/mol. The molecule has 0 aliphatic heterocycles. The number of hydrogen-bond donors (Lipinski definition) is 2. The Hall–Kier alpha value is -2.83. The molecular weight excluding hydrogens is 346 g/mol. The van der Waals surface area contributed by atoms with Gasteiger partial charge in [-0.1, -0.05) is 32.0 Å². The van der Waals surface area contributed by atoms with Gasteiger partial charge in [-0.3, -0.25) is 9.59 Å². The van der Waals surface area contributed by atoms with Crippen molar-refractivity contribution in [2.75, 3.05) is 6.61 Å². The summed E-state index contributed by atoms with van der Waals surface area (Å²) in [6, 6.07) is 9.35. The van der Waals surface area contributed by atoms with Crippen molar-refractivity contribution in [3.63, 3.8) is 0 Å². The smallest absolute Gasteiger partial charge is 0.306 e. The number of aliphatic carboxylic acids is 1. The zero-order valence-electron chi connectivity index (χ0n) is 15.6. The summed E-state index contributed by atoms with van der Waals surface area (Å²) in [5.41, 5.74) is 1.05. The van der Waals surface area contributed by atoms with E-state index in [9.17, 15) is 9.59 Å². The van der Waals surface area contributed by atoms with Crippen LogP contribution in [0.15, 0.2) is 36.5 Å². The summed E-state index contributed by atoms with van der Waals surface area (Å²) < 4.78 is 7.43. The molecule has 2 aromatic rings. The van der Waals surface area contributed by atoms with E-state index in [-0.39, 0.29) is 17.6 Å². The lowest BCUT2D eigenvalue weighted by Gasteiger charge is -2.12. The number of nitrogens with one attached hydrogen (secondary N) is 1. The first-order valence-corrected chi connectivity index (χ1v) is 9.25. The van der Waals surface area contributed by atoms with Gasteiger partial charge in [0.05, 0.1) is 24.4 Å². The molecule has 1 amide bonds. The summed E-state index contributed by atoms with van der Waals surface area (Å²) in [7, 11) is 0. The first kappa shape index (κ1) is 18.9. The van der Waals surface area contributed by atoms with E-state index in [1.807, 2.05) is 44.2 Å². The third kappa shape index (κ3) is 4.67. The van der Waals surface area contributed by atoms with Crippen LogP contribution >= 0.6 is 0 Å². The molecule has 0 bridgehead atoms. The van der Waals surface area contributed by atoms with Crippen molar-refractivity contribution in [2.45, 2.75) is 39.2 Å². The quantitative estimate of drug-likeness (QED) is 0.781. The molecular formula is C20H25N3O4. The molecule has 27 heavy (non-hydrogen) atoms. The Balaban J connectivity index is 1.78. The highest BCUT2D eigenvalue weighted by molar-refractivity contribution is 5.95. The summed E-state index contributed by atoms with van der Waals surface area (Å²) in [4.78, 5) is 23.9. The Labute approximate surface area is 158 Å². The second-order valence-electron chi connectivity index (χ2n) is 7.35. The van der Waals surface area contributed by atoms with Gasteiger partial charge in [-0.05, 0) is 37.3 Å². The number of carbonyl (C=O) groups excluding carboxylic acids is 1. The topological polar surface area (TPSA) is 93.5 Å². The molecule has 1 aliphatic rings. The van der Waals surface area contributed by atoms with Crippen LogP contribution in [0.4, 0.5) is 0 Å². The molecule has 7 nitrogen and oxygen atoms in total. The largest absolute Gasteiger partial charge is 0.489 e. The van der Waals surface area contributed by atoms with Crippen molar-refractivity contribution >= 4 is 11.9 Å². The van der Waals surface area contributed by atoms with Crippen LogP contribution in [0.2, 0.25) is 0 Å². The molecule has 1 aromatic carbocycles. The third-order valence-electron chi connectivity index (χ3n) is 4.61. The highest BCUT2D eigenvalue weighted by Crippen LogP contribution is 2.27. The molecule has 3 rings (SSSR count). The van der Waals surface area contributed by atoms with Crippen LogP contribution < -0.4 is 10.1 Å². The Morgan fingerprint density at radius 1 is 1.30 bits per heavy atom. The fourth-order valence-corrected chi connectivity index (χ4v) is 3.18. The number of carbonyl (C=O) groups is 2. The summed E-state index contributed by atoms with van der Waals surface area (Å²) in [6.07, 6.45) is 3.39. The molecule has 0 unspecified atom stereocenters. The molecule has 1 saturated carbocycles. The summed E-state index contributed by atoms with van der Waals surface area (Å²) in [5, 5.41) is 16.5. The number of hydrogen-bond acceptors (Lipinski definition) is 4. The molecule has 2 atom stereocenters. The molecule has 144 valence electrons. The van der Waals surface area contributed by atoms with Gasteiger partial charge >= 0.3 is 5.97 Å². The lowest BCUT2D eigenvalue weighted by Crippen LogP contribution is -2.34. The van der Waals surface area contributed by atoms with Gasteiger partial charge < -0.3 is 15.2 Å². The highest BCUT2D eigenvalue weighted by atomic mass is 16.5. The number of amides is 1. The number of carboxylic acids is 1. The van der Waals surface area contributed by atoms with Crippen LogP contribution in [-0.2, 0) is 4.79 Å². The molecule has 1 aromatic heterocycles. The van der Waals surface area contributed by atoms with Crippen molar-refractivity contribution in [3.8, 4) is 11.4 Å². The van der Waals surface area contributed by atoms with E-state index in [0.29, 0.717) is 37.5 Å². The Bertz CT molecular complexity index is 801. The third-order valence-corrected chi connectivity index (χ3v) is 4.61. The predicted octanol–water partition coefficient (Wildman–Crippen LogP) is 2.89. The second kappa shape index (κ2) is 8.24. The molecule has 1 fully saturated rings. The van der Waals surface area contributed by atoms with E-state index < -0.39 is 11.9 Å². The van der Waals surface area contributed by atoms with Crippen LogP contribution in [0.25, 0.3) is 5.69 Å². The van der Waals surface area contributed by atoms with Crippen LogP contribution in [0.1, 0.15) is 43.6 Å². The maximum Gasteiger partial charge on any atom is 0.306 e. The molecule has 0 spiro atoms. The second-order valence-corrected chi connectivity index (χ2v) is 7.35. The number of nitrogens with zero attached hydrogens (tertiary/aromatic N) is 2.